The fourth-order valence-corrected chi connectivity index (χ4v) is 0.935. The monoisotopic (exact) mass is 130 g/mol. The molecule has 0 radical (unpaired) electrons. The summed E-state index contributed by atoms with van der Waals surface area (Å²) in [6, 6.07) is 0. The highest BCUT2D eigenvalue weighted by atomic mass is 15.3. The standard InChI is InChI=1S/C7H18N2/c1-5-6-9(4)7-8(2)3/h5-7H2,1-4H3. The molecule has 0 saturated carbocycles. The van der Waals surface area contributed by atoms with Crippen LogP contribution in [0.3, 0.4) is 0 Å². The minimum Gasteiger partial charge on any atom is -0.297 e. The Hall–Kier alpha value is -0.0800. The van der Waals surface area contributed by atoms with Gasteiger partial charge < -0.3 is 0 Å². The molecule has 0 spiro atoms. The van der Waals surface area contributed by atoms with Gasteiger partial charge in [0.15, 0.2) is 0 Å². The Morgan fingerprint density at radius 2 is 1.67 bits per heavy atom. The molecule has 0 fully saturated rings. The van der Waals surface area contributed by atoms with Crippen LogP contribution in [0.25, 0.3) is 0 Å². The molecule has 0 atom stereocenters. The van der Waals surface area contributed by atoms with Crippen LogP contribution < -0.4 is 0 Å². The largest absolute Gasteiger partial charge is 0.297 e. The van der Waals surface area contributed by atoms with E-state index < -0.39 is 0 Å². The fraction of sp³-hybridized carbons (Fsp3) is 1.00. The van der Waals surface area contributed by atoms with Crippen molar-refractivity contribution in [2.75, 3.05) is 34.4 Å². The van der Waals surface area contributed by atoms with Gasteiger partial charge in [-0.15, -0.1) is 0 Å². The van der Waals surface area contributed by atoms with Crippen LogP contribution in [0, 0.1) is 0 Å². The third-order valence-electron chi connectivity index (χ3n) is 1.13. The molecule has 56 valence electrons. The molecule has 0 unspecified atom stereocenters. The molecule has 2 heteroatoms. The third-order valence-corrected chi connectivity index (χ3v) is 1.13. The van der Waals surface area contributed by atoms with Crippen molar-refractivity contribution in [3.63, 3.8) is 0 Å². The SMILES string of the molecule is CCCN(C)CN(C)C. The highest BCUT2D eigenvalue weighted by Gasteiger charge is 1.95. The van der Waals surface area contributed by atoms with Crippen LogP contribution in [-0.4, -0.2) is 44.2 Å². The van der Waals surface area contributed by atoms with E-state index in [-0.39, 0.29) is 0 Å². The topological polar surface area (TPSA) is 6.48 Å². The summed E-state index contributed by atoms with van der Waals surface area (Å²) in [6.45, 7) is 4.46. The molecule has 0 aliphatic carbocycles. The summed E-state index contributed by atoms with van der Waals surface area (Å²) >= 11 is 0. The first-order valence-electron chi connectivity index (χ1n) is 3.50. The fourth-order valence-electron chi connectivity index (χ4n) is 0.935. The Bertz CT molecular complexity index is 61.9. The molecule has 2 nitrogen and oxygen atoms in total. The van der Waals surface area contributed by atoms with Gasteiger partial charge >= 0.3 is 0 Å². The van der Waals surface area contributed by atoms with Gasteiger partial charge in [-0.1, -0.05) is 6.92 Å². The highest BCUT2D eigenvalue weighted by molar-refractivity contribution is 4.45. The second-order valence-electron chi connectivity index (χ2n) is 2.80. The van der Waals surface area contributed by atoms with Crippen molar-refractivity contribution in [3.05, 3.63) is 0 Å². The molecule has 0 heterocycles. The third kappa shape index (κ3) is 5.80. The first kappa shape index (κ1) is 8.92. The van der Waals surface area contributed by atoms with Crippen molar-refractivity contribution in [1.82, 2.24) is 9.80 Å². The predicted octanol–water partition coefficient (Wildman–Crippen LogP) is 0.847. The van der Waals surface area contributed by atoms with Crippen LogP contribution in [-0.2, 0) is 0 Å². The molecule has 0 aliphatic heterocycles. The Kier molecular flexibility index (Phi) is 4.72. The number of nitrogens with zero attached hydrogens (tertiary/aromatic N) is 2. The molecule has 0 aromatic heterocycles. The van der Waals surface area contributed by atoms with Crippen molar-refractivity contribution >= 4 is 0 Å². The maximum Gasteiger partial charge on any atom is 0.0497 e. The van der Waals surface area contributed by atoms with Crippen molar-refractivity contribution < 1.29 is 0 Å². The molecule has 0 aliphatic rings. The maximum absolute atomic E-state index is 2.31. The second kappa shape index (κ2) is 4.77. The van der Waals surface area contributed by atoms with E-state index in [4.69, 9.17) is 0 Å². The minimum atomic E-state index is 1.06. The Balaban J connectivity index is 3.15. The van der Waals surface area contributed by atoms with E-state index in [1.807, 2.05) is 0 Å². The van der Waals surface area contributed by atoms with Gasteiger partial charge in [0.1, 0.15) is 0 Å². The van der Waals surface area contributed by atoms with Crippen LogP contribution >= 0.6 is 0 Å². The predicted molar refractivity (Wildman–Crippen MR) is 41.5 cm³/mol. The van der Waals surface area contributed by atoms with E-state index in [9.17, 15) is 0 Å². The Morgan fingerprint density at radius 1 is 1.11 bits per heavy atom. The van der Waals surface area contributed by atoms with Crippen molar-refractivity contribution in [2.45, 2.75) is 13.3 Å². The number of hydrogen-bond acceptors (Lipinski definition) is 2. The van der Waals surface area contributed by atoms with E-state index in [1.165, 1.54) is 13.0 Å². The quantitative estimate of drug-likeness (QED) is 0.520. The summed E-state index contributed by atoms with van der Waals surface area (Å²) in [6.07, 6.45) is 1.24. The summed E-state index contributed by atoms with van der Waals surface area (Å²) in [5.41, 5.74) is 0. The lowest BCUT2D eigenvalue weighted by atomic mass is 10.4. The van der Waals surface area contributed by atoms with Crippen LogP contribution in [0.15, 0.2) is 0 Å². The molecule has 0 aromatic rings. The molecular weight excluding hydrogens is 112 g/mol. The summed E-state index contributed by atoms with van der Waals surface area (Å²) in [4.78, 5) is 4.48. The lowest BCUT2D eigenvalue weighted by Crippen LogP contribution is -2.30. The first-order chi connectivity index (χ1) is 4.16. The Morgan fingerprint density at radius 3 is 2.00 bits per heavy atom. The zero-order valence-electron chi connectivity index (χ0n) is 7.02. The van der Waals surface area contributed by atoms with E-state index in [0.29, 0.717) is 0 Å². The van der Waals surface area contributed by atoms with E-state index in [1.54, 1.807) is 0 Å². The number of hydrogen-bond donors (Lipinski definition) is 0. The van der Waals surface area contributed by atoms with E-state index >= 15 is 0 Å². The zero-order valence-corrected chi connectivity index (χ0v) is 7.02. The van der Waals surface area contributed by atoms with E-state index in [2.05, 4.69) is 37.9 Å². The Labute approximate surface area is 58.4 Å². The average Bonchev–Trinajstić information content (AvgIpc) is 1.63. The van der Waals surface area contributed by atoms with Crippen molar-refractivity contribution in [1.29, 1.82) is 0 Å². The molecule has 0 aromatic carbocycles. The number of rotatable bonds is 4. The lowest BCUT2D eigenvalue weighted by Gasteiger charge is -2.19. The van der Waals surface area contributed by atoms with Crippen molar-refractivity contribution in [2.24, 2.45) is 0 Å². The summed E-state index contributed by atoms with van der Waals surface area (Å²) in [5.74, 6) is 0. The van der Waals surface area contributed by atoms with Gasteiger partial charge in [-0.25, -0.2) is 0 Å². The summed E-state index contributed by atoms with van der Waals surface area (Å²) < 4.78 is 0. The average molecular weight is 130 g/mol. The van der Waals surface area contributed by atoms with Gasteiger partial charge in [0.25, 0.3) is 0 Å². The molecular formula is C7H18N2. The van der Waals surface area contributed by atoms with Crippen LogP contribution in [0.5, 0.6) is 0 Å². The van der Waals surface area contributed by atoms with Gasteiger partial charge in [-0.05, 0) is 34.1 Å². The van der Waals surface area contributed by atoms with Crippen LogP contribution in [0.4, 0.5) is 0 Å². The molecule has 9 heavy (non-hydrogen) atoms. The minimum absolute atomic E-state index is 1.06. The molecule has 0 amide bonds. The molecule has 0 rings (SSSR count). The van der Waals surface area contributed by atoms with Crippen LogP contribution in [0.2, 0.25) is 0 Å². The normalized spacial score (nSPS) is 11.3. The second-order valence-corrected chi connectivity index (χ2v) is 2.80. The lowest BCUT2D eigenvalue weighted by molar-refractivity contribution is 0.211. The zero-order chi connectivity index (χ0) is 7.28. The van der Waals surface area contributed by atoms with E-state index in [0.717, 1.165) is 6.67 Å². The molecule has 0 bridgehead atoms. The first-order valence-corrected chi connectivity index (χ1v) is 3.50. The van der Waals surface area contributed by atoms with Gasteiger partial charge in [-0.2, -0.15) is 0 Å². The van der Waals surface area contributed by atoms with Gasteiger partial charge in [0, 0.05) is 6.67 Å². The van der Waals surface area contributed by atoms with Gasteiger partial charge in [0.2, 0.25) is 0 Å². The van der Waals surface area contributed by atoms with Crippen molar-refractivity contribution in [3.8, 4) is 0 Å². The van der Waals surface area contributed by atoms with Gasteiger partial charge in [-0.3, -0.25) is 9.80 Å². The van der Waals surface area contributed by atoms with Crippen LogP contribution in [0.1, 0.15) is 13.3 Å². The highest BCUT2D eigenvalue weighted by Crippen LogP contribution is 1.86. The van der Waals surface area contributed by atoms with Gasteiger partial charge in [0.05, 0.1) is 0 Å². The summed E-state index contributed by atoms with van der Waals surface area (Å²) in [7, 11) is 6.32. The smallest absolute Gasteiger partial charge is 0.0497 e. The maximum atomic E-state index is 2.31. The molecule has 0 saturated heterocycles. The molecule has 0 N–H and O–H groups in total. The summed E-state index contributed by atoms with van der Waals surface area (Å²) in [5, 5.41) is 0.